The molecule has 12 aromatic carbocycles. The van der Waals surface area contributed by atoms with Gasteiger partial charge in [-0.1, -0.05) is 164 Å². The van der Waals surface area contributed by atoms with Crippen molar-refractivity contribution >= 4 is 114 Å². The van der Waals surface area contributed by atoms with Gasteiger partial charge in [0.15, 0.2) is 0 Å². The Balaban J connectivity index is 0.834. The van der Waals surface area contributed by atoms with Gasteiger partial charge in [0.25, 0.3) is 0 Å². The average molecular weight is 1250 g/mol. The Morgan fingerprint density at radius 3 is 0.903 bits per heavy atom. The van der Waals surface area contributed by atoms with Crippen molar-refractivity contribution in [3.8, 4) is 88.3 Å². The van der Waals surface area contributed by atoms with Crippen LogP contribution in [0.1, 0.15) is 0 Å². The van der Waals surface area contributed by atoms with Crippen LogP contribution in [0.5, 0.6) is 5.75 Å². The quantitative estimate of drug-likeness (QED) is 0.115. The van der Waals surface area contributed by atoms with E-state index in [0.717, 1.165) is 169 Å². The van der Waals surface area contributed by atoms with Crippen LogP contribution in [0.15, 0.2) is 303 Å². The lowest BCUT2D eigenvalue weighted by molar-refractivity contribution is 0.415. The fourth-order valence-electron chi connectivity index (χ4n) is 13.6. The molecule has 0 radical (unpaired) electrons. The summed E-state index contributed by atoms with van der Waals surface area (Å²) in [7, 11) is 1.71. The summed E-state index contributed by atoms with van der Waals surface area (Å²) >= 11 is 5.21. The van der Waals surface area contributed by atoms with Crippen molar-refractivity contribution in [2.75, 3.05) is 12.0 Å². The zero-order valence-corrected chi connectivity index (χ0v) is 52.6. The minimum atomic E-state index is 0.799. The van der Waals surface area contributed by atoms with Gasteiger partial charge >= 0.3 is 0 Å². The third-order valence-electron chi connectivity index (χ3n) is 17.7. The summed E-state index contributed by atoms with van der Waals surface area (Å²) in [5.41, 5.74) is 22.2. The maximum atomic E-state index is 5.69. The van der Waals surface area contributed by atoms with Crippen LogP contribution in [-0.4, -0.2) is 35.8 Å². The molecule has 0 fully saturated rings. The Kier molecular flexibility index (Phi) is 13.2. The van der Waals surface area contributed by atoms with Crippen LogP contribution < -0.4 is 9.64 Å². The van der Waals surface area contributed by atoms with E-state index in [4.69, 9.17) is 19.7 Å². The molecule has 93 heavy (non-hydrogen) atoms. The number of rotatable bonds is 13. The van der Waals surface area contributed by atoms with E-state index in [1.807, 2.05) is 12.1 Å². The van der Waals surface area contributed by atoms with Crippen molar-refractivity contribution < 1.29 is 4.74 Å². The highest BCUT2D eigenvalue weighted by Gasteiger charge is 2.28. The van der Waals surface area contributed by atoms with Gasteiger partial charge in [0.1, 0.15) is 20.8 Å². The predicted octanol–water partition coefficient (Wildman–Crippen LogP) is 22.8. The molecule has 0 amide bonds. The summed E-state index contributed by atoms with van der Waals surface area (Å²) in [6.07, 6.45) is 0. The van der Waals surface area contributed by atoms with E-state index in [9.17, 15) is 0 Å². The number of hydrogen-bond donors (Lipinski definition) is 0. The molecule has 0 aliphatic carbocycles. The molecule has 0 atom stereocenters. The lowest BCUT2D eigenvalue weighted by atomic mass is 10.0. The first kappa shape index (κ1) is 54.5. The molecule has 0 aliphatic rings. The van der Waals surface area contributed by atoms with Gasteiger partial charge in [0, 0.05) is 67.0 Å². The van der Waals surface area contributed by atoms with Gasteiger partial charge in [0.2, 0.25) is 0 Å². The van der Waals surface area contributed by atoms with Crippen molar-refractivity contribution in [3.05, 3.63) is 303 Å². The second-order valence-electron chi connectivity index (χ2n) is 23.0. The Morgan fingerprint density at radius 1 is 0.290 bits per heavy atom. The summed E-state index contributed by atoms with van der Waals surface area (Å²) in [6.45, 7) is 0. The number of benzene rings is 12. The number of aromatic nitrogens is 6. The van der Waals surface area contributed by atoms with Crippen LogP contribution in [-0.2, 0) is 0 Å². The molecule has 0 aliphatic heterocycles. The number of methoxy groups -OCH3 is 1. The first-order chi connectivity index (χ1) is 46.1. The number of hydrogen-bond acceptors (Lipinski definition) is 8. The first-order valence-corrected chi connectivity index (χ1v) is 33.4. The van der Waals surface area contributed by atoms with Crippen LogP contribution in [0.25, 0.3) is 146 Å². The van der Waals surface area contributed by atoms with E-state index in [1.165, 1.54) is 0 Å². The Bertz CT molecular complexity index is 5500. The van der Waals surface area contributed by atoms with E-state index < -0.39 is 0 Å². The van der Waals surface area contributed by atoms with Crippen LogP contribution in [0.4, 0.5) is 17.1 Å². The van der Waals surface area contributed by atoms with E-state index in [0.29, 0.717) is 0 Å². The SMILES string of the molecule is COc1ccc(-n2c(-c3ccc(N(c4ccc(-c5c(-c6nc7ccccc7s6)c6ccccc6n5-c5ccccc5)cc4)c4ccc(-c5c(-c6nc7ccccc7s6)c6ccccc6n5-c5ccccc5)cc4)cc3)c(-c3nc4ccccc4s3)c3ccccc32)cc1. The molecule has 18 aromatic rings. The summed E-state index contributed by atoms with van der Waals surface area (Å²) < 4.78 is 16.4. The molecule has 0 unspecified atom stereocenters. The molecular formula is C82H53N7OS3. The molecule has 6 aromatic heterocycles. The third-order valence-corrected chi connectivity index (χ3v) is 20.9. The minimum Gasteiger partial charge on any atom is -0.497 e. The molecule has 18 rings (SSSR count). The standard InChI is InChI=1S/C82H53N7OS3/c1-90-61-50-48-60(49-51-61)89-70-32-16-10-26-64(70)76(82-85-67-29-13-19-35-73(67)93-82)79(89)54-40-46-59(47-41-54)86(57-42-36-52(37-43-57)77-74(80-83-65-27-11-17-33-71(65)91-80)62-24-8-14-30-68(62)87(77)55-20-4-2-5-21-55)58-44-38-53(39-45-58)78-75(81-84-66-28-12-18-34-72(66)92-81)63-25-9-15-31-69(63)88(78)56-22-6-3-7-23-56/h2-51H,1H3. The van der Waals surface area contributed by atoms with Crippen molar-refractivity contribution in [2.45, 2.75) is 0 Å². The van der Waals surface area contributed by atoms with Gasteiger partial charge in [-0.05, 0) is 156 Å². The van der Waals surface area contributed by atoms with Gasteiger partial charge in [-0.15, -0.1) is 34.0 Å². The molecule has 440 valence electrons. The molecule has 0 saturated heterocycles. The van der Waals surface area contributed by atoms with E-state index in [2.05, 4.69) is 310 Å². The largest absolute Gasteiger partial charge is 0.497 e. The minimum absolute atomic E-state index is 0.799. The zero-order chi connectivity index (χ0) is 61.5. The summed E-state index contributed by atoms with van der Waals surface area (Å²) in [4.78, 5) is 18.4. The molecule has 0 bridgehead atoms. The highest BCUT2D eigenvalue weighted by atomic mass is 32.1. The second-order valence-corrected chi connectivity index (χ2v) is 26.1. The highest BCUT2D eigenvalue weighted by molar-refractivity contribution is 7.22. The molecule has 8 nitrogen and oxygen atoms in total. The first-order valence-electron chi connectivity index (χ1n) is 30.9. The topological polar surface area (TPSA) is 65.9 Å². The lowest BCUT2D eigenvalue weighted by Crippen LogP contribution is -2.10. The van der Waals surface area contributed by atoms with Gasteiger partial charge < -0.3 is 23.3 Å². The van der Waals surface area contributed by atoms with E-state index in [1.54, 1.807) is 41.1 Å². The fraction of sp³-hybridized carbons (Fsp3) is 0.0122. The van der Waals surface area contributed by atoms with Gasteiger partial charge in [-0.2, -0.15) is 0 Å². The summed E-state index contributed by atoms with van der Waals surface area (Å²) in [6, 6.07) is 109. The van der Waals surface area contributed by atoms with Crippen LogP contribution >= 0.6 is 34.0 Å². The highest BCUT2D eigenvalue weighted by Crippen LogP contribution is 2.50. The second kappa shape index (κ2) is 22.5. The maximum Gasteiger partial charge on any atom is 0.127 e. The zero-order valence-electron chi connectivity index (χ0n) is 50.1. The lowest BCUT2D eigenvalue weighted by Gasteiger charge is -2.26. The maximum absolute atomic E-state index is 5.69. The molecule has 11 heteroatoms. The summed E-state index contributed by atoms with van der Waals surface area (Å²) in [5.74, 6) is 0.799. The average Bonchev–Trinajstić information content (AvgIpc) is 1.64. The van der Waals surface area contributed by atoms with Crippen LogP contribution in [0.2, 0.25) is 0 Å². The number of ether oxygens (including phenoxy) is 1. The Labute approximate surface area is 547 Å². The summed E-state index contributed by atoms with van der Waals surface area (Å²) in [5, 5.41) is 6.36. The van der Waals surface area contributed by atoms with E-state index in [-0.39, 0.29) is 0 Å². The van der Waals surface area contributed by atoms with E-state index >= 15 is 0 Å². The normalized spacial score (nSPS) is 11.7. The van der Waals surface area contributed by atoms with Gasteiger partial charge in [0.05, 0.1) is 71.4 Å². The van der Waals surface area contributed by atoms with Crippen molar-refractivity contribution in [1.29, 1.82) is 0 Å². The molecule has 0 saturated carbocycles. The molecular weight excluding hydrogens is 1200 g/mol. The number of anilines is 3. The number of fused-ring (bicyclic) bond motifs is 6. The fourth-order valence-corrected chi connectivity index (χ4v) is 16.6. The monoisotopic (exact) mass is 1250 g/mol. The van der Waals surface area contributed by atoms with Crippen LogP contribution in [0.3, 0.4) is 0 Å². The molecule has 6 heterocycles. The molecule has 0 N–H and O–H groups in total. The van der Waals surface area contributed by atoms with Crippen molar-refractivity contribution in [2.24, 2.45) is 0 Å². The Hall–Kier alpha value is -11.5. The Morgan fingerprint density at radius 2 is 0.581 bits per heavy atom. The van der Waals surface area contributed by atoms with Gasteiger partial charge in [-0.25, -0.2) is 15.0 Å². The molecule has 0 spiro atoms. The van der Waals surface area contributed by atoms with Gasteiger partial charge in [-0.3, -0.25) is 0 Å². The van der Waals surface area contributed by atoms with Crippen molar-refractivity contribution in [3.63, 3.8) is 0 Å². The van der Waals surface area contributed by atoms with Crippen molar-refractivity contribution in [1.82, 2.24) is 28.7 Å². The van der Waals surface area contributed by atoms with Crippen LogP contribution in [0, 0.1) is 0 Å². The number of para-hydroxylation sites is 8. The number of thiazole rings is 3. The number of nitrogens with zero attached hydrogens (tertiary/aromatic N) is 7. The predicted molar refractivity (Wildman–Crippen MR) is 390 cm³/mol. The third kappa shape index (κ3) is 9.18. The smallest absolute Gasteiger partial charge is 0.127 e.